The van der Waals surface area contributed by atoms with Gasteiger partial charge in [-0.2, -0.15) is 0 Å². The molecule has 0 unspecified atom stereocenters. The molecule has 0 atom stereocenters. The van der Waals surface area contributed by atoms with Gasteiger partial charge in [0.05, 0.1) is 0 Å². The molecule has 0 rings (SSSR count). The molecule has 6 heteroatoms. The first-order valence-corrected chi connectivity index (χ1v) is 5.62. The summed E-state index contributed by atoms with van der Waals surface area (Å²) in [6, 6.07) is 0. The summed E-state index contributed by atoms with van der Waals surface area (Å²) >= 11 is 0. The number of carbonyl (C=O) groups is 4. The number of hydrogen-bond donors (Lipinski definition) is 0. The topological polar surface area (TPSA) is 86.7 Å². The van der Waals surface area contributed by atoms with Crippen LogP contribution < -0.4 is 0 Å². The highest BCUT2D eigenvalue weighted by Crippen LogP contribution is 1.91. The Kier molecular flexibility index (Phi) is 8.78. The van der Waals surface area contributed by atoms with Gasteiger partial charge in [-0.05, 0) is 13.8 Å². The van der Waals surface area contributed by atoms with Gasteiger partial charge in [0.15, 0.2) is 0 Å². The van der Waals surface area contributed by atoms with Crippen LogP contribution in [0.15, 0.2) is 48.6 Å². The fourth-order valence-corrected chi connectivity index (χ4v) is 0.825. The molecule has 20 heavy (non-hydrogen) atoms. The number of esters is 4. The number of carbonyl (C=O) groups excluding carboxylic acids is 4. The molecule has 0 aliphatic rings. The quantitative estimate of drug-likeness (QED) is 0.254. The van der Waals surface area contributed by atoms with Crippen LogP contribution in [0.1, 0.15) is 13.8 Å². The van der Waals surface area contributed by atoms with Crippen molar-refractivity contribution in [2.75, 3.05) is 0 Å². The molecule has 0 amide bonds. The average Bonchev–Trinajstić information content (AvgIpc) is 2.39. The third-order valence-corrected chi connectivity index (χ3v) is 1.62. The summed E-state index contributed by atoms with van der Waals surface area (Å²) in [5.41, 5.74) is 0. The molecule has 6 nitrogen and oxygen atoms in total. The zero-order valence-corrected chi connectivity index (χ0v) is 11.1. The zero-order chi connectivity index (χ0) is 15.4. The van der Waals surface area contributed by atoms with Gasteiger partial charge in [-0.3, -0.25) is 0 Å². The van der Waals surface area contributed by atoms with Gasteiger partial charge in [-0.1, -0.05) is 36.5 Å². The van der Waals surface area contributed by atoms with Gasteiger partial charge >= 0.3 is 23.9 Å². The summed E-state index contributed by atoms with van der Waals surface area (Å²) in [5.74, 6) is -5.20. The summed E-state index contributed by atoms with van der Waals surface area (Å²) in [5, 5.41) is 0. The Balaban J connectivity index is 4.32. The van der Waals surface area contributed by atoms with E-state index in [1.54, 1.807) is 26.0 Å². The van der Waals surface area contributed by atoms with E-state index >= 15 is 0 Å². The molecule has 0 aliphatic heterocycles. The molecule has 0 saturated carbocycles. The van der Waals surface area contributed by atoms with Crippen LogP contribution in [0.5, 0.6) is 0 Å². The smallest absolute Gasteiger partial charge is 0.381 e. The molecule has 0 aliphatic carbocycles. The van der Waals surface area contributed by atoms with Crippen molar-refractivity contribution in [2.24, 2.45) is 0 Å². The first kappa shape index (κ1) is 17.2. The minimum Gasteiger partial charge on any atom is -0.381 e. The van der Waals surface area contributed by atoms with Gasteiger partial charge in [-0.15, -0.1) is 0 Å². The second-order valence-corrected chi connectivity index (χ2v) is 3.19. The molecule has 0 N–H and O–H groups in total. The highest BCUT2D eigenvalue weighted by atomic mass is 16.6. The summed E-state index contributed by atoms with van der Waals surface area (Å²) in [4.78, 5) is 44.3. The maximum Gasteiger partial charge on any atom is 0.425 e. The normalized spacial score (nSPS) is 11.5. The number of allylic oxidation sites excluding steroid dienone is 6. The fourth-order valence-electron chi connectivity index (χ4n) is 0.825. The van der Waals surface area contributed by atoms with E-state index in [1.165, 1.54) is 24.3 Å². The van der Waals surface area contributed by atoms with E-state index in [1.807, 2.05) is 0 Å². The van der Waals surface area contributed by atoms with Crippen LogP contribution in [0.25, 0.3) is 0 Å². The lowest BCUT2D eigenvalue weighted by molar-refractivity contribution is -0.174. The molecule has 0 aromatic carbocycles. The monoisotopic (exact) mass is 278 g/mol. The molecule has 0 radical (unpaired) electrons. The van der Waals surface area contributed by atoms with Crippen molar-refractivity contribution in [3.63, 3.8) is 0 Å². The Morgan fingerprint density at radius 1 is 0.650 bits per heavy atom. The standard InChI is InChI=1S/C14H14O6/c1-3-5-7-9-11(15)19-13(17)14(18)20-12(16)10-8-6-4-2/h3-10H,1-2H3/b5-3+,6-4+,9-7+,10-8+. The van der Waals surface area contributed by atoms with Crippen LogP contribution in [-0.2, 0) is 28.7 Å². The Labute approximate surface area is 116 Å². The van der Waals surface area contributed by atoms with Gasteiger partial charge in [0, 0.05) is 12.2 Å². The van der Waals surface area contributed by atoms with Crippen LogP contribution in [0.3, 0.4) is 0 Å². The van der Waals surface area contributed by atoms with Crippen LogP contribution in [0.2, 0.25) is 0 Å². The summed E-state index contributed by atoms with van der Waals surface area (Å²) in [7, 11) is 0. The van der Waals surface area contributed by atoms with Gasteiger partial charge in [0.25, 0.3) is 0 Å². The van der Waals surface area contributed by atoms with Gasteiger partial charge < -0.3 is 9.47 Å². The van der Waals surface area contributed by atoms with Crippen molar-refractivity contribution in [1.29, 1.82) is 0 Å². The van der Waals surface area contributed by atoms with Crippen LogP contribution in [0, 0.1) is 0 Å². The molecule has 0 spiro atoms. The lowest BCUT2D eigenvalue weighted by Crippen LogP contribution is -2.24. The van der Waals surface area contributed by atoms with Crippen molar-refractivity contribution in [3.05, 3.63) is 48.6 Å². The second kappa shape index (κ2) is 10.2. The van der Waals surface area contributed by atoms with Crippen LogP contribution >= 0.6 is 0 Å². The van der Waals surface area contributed by atoms with E-state index in [-0.39, 0.29) is 0 Å². The summed E-state index contributed by atoms with van der Waals surface area (Å²) < 4.78 is 8.24. The highest BCUT2D eigenvalue weighted by Gasteiger charge is 2.22. The molecule has 106 valence electrons. The van der Waals surface area contributed by atoms with Gasteiger partial charge in [0.2, 0.25) is 0 Å². The third kappa shape index (κ3) is 8.35. The molecule has 0 fully saturated rings. The fraction of sp³-hybridized carbons (Fsp3) is 0.143. The Bertz CT molecular complexity index is 448. The van der Waals surface area contributed by atoms with Crippen molar-refractivity contribution in [1.82, 2.24) is 0 Å². The van der Waals surface area contributed by atoms with Crippen molar-refractivity contribution in [3.8, 4) is 0 Å². The van der Waals surface area contributed by atoms with Gasteiger partial charge in [-0.25, -0.2) is 19.2 Å². The molecular weight excluding hydrogens is 264 g/mol. The molecule has 0 aromatic heterocycles. The van der Waals surface area contributed by atoms with E-state index in [0.717, 1.165) is 12.2 Å². The second-order valence-electron chi connectivity index (χ2n) is 3.19. The number of ether oxygens (including phenoxy) is 2. The third-order valence-electron chi connectivity index (χ3n) is 1.62. The minimum absolute atomic E-state index is 0.943. The Hall–Kier alpha value is -2.76. The largest absolute Gasteiger partial charge is 0.425 e. The summed E-state index contributed by atoms with van der Waals surface area (Å²) in [6.45, 7) is 3.45. The zero-order valence-electron chi connectivity index (χ0n) is 11.1. The predicted molar refractivity (Wildman–Crippen MR) is 70.1 cm³/mol. The highest BCUT2D eigenvalue weighted by molar-refractivity contribution is 6.33. The molecule has 0 heterocycles. The van der Waals surface area contributed by atoms with Crippen molar-refractivity contribution < 1.29 is 28.7 Å². The van der Waals surface area contributed by atoms with E-state index in [4.69, 9.17) is 0 Å². The van der Waals surface area contributed by atoms with Crippen molar-refractivity contribution in [2.45, 2.75) is 13.8 Å². The average molecular weight is 278 g/mol. The lowest BCUT2D eigenvalue weighted by atomic mass is 10.4. The molecule has 0 saturated heterocycles. The van der Waals surface area contributed by atoms with E-state index in [0.29, 0.717) is 0 Å². The first-order valence-electron chi connectivity index (χ1n) is 5.62. The van der Waals surface area contributed by atoms with E-state index in [9.17, 15) is 19.2 Å². The van der Waals surface area contributed by atoms with E-state index < -0.39 is 23.9 Å². The maximum atomic E-state index is 11.1. The minimum atomic E-state index is -1.56. The Morgan fingerprint density at radius 2 is 1.00 bits per heavy atom. The number of hydrogen-bond acceptors (Lipinski definition) is 6. The van der Waals surface area contributed by atoms with Crippen molar-refractivity contribution >= 4 is 23.9 Å². The molecule has 0 bridgehead atoms. The van der Waals surface area contributed by atoms with E-state index in [2.05, 4.69) is 9.47 Å². The Morgan fingerprint density at radius 3 is 1.30 bits per heavy atom. The number of rotatable bonds is 4. The SMILES string of the molecule is C/C=C/C=C/C(=O)OC(=O)C(=O)OC(=O)/C=C/C=C/C. The van der Waals surface area contributed by atoms with Crippen LogP contribution in [-0.4, -0.2) is 23.9 Å². The first-order chi connectivity index (χ1) is 9.51. The van der Waals surface area contributed by atoms with Gasteiger partial charge in [0.1, 0.15) is 0 Å². The maximum absolute atomic E-state index is 11.1. The van der Waals surface area contributed by atoms with Crippen LogP contribution in [0.4, 0.5) is 0 Å². The predicted octanol–water partition coefficient (Wildman–Crippen LogP) is 1.39. The summed E-state index contributed by atoms with van der Waals surface area (Å²) in [6.07, 6.45) is 10.9. The lowest BCUT2D eigenvalue weighted by Gasteiger charge is -1.98. The molecule has 0 aromatic rings. The molecular formula is C14H14O6.